The van der Waals surface area contributed by atoms with Crippen molar-refractivity contribution in [2.45, 2.75) is 45.8 Å². The Morgan fingerprint density at radius 1 is 1.03 bits per heavy atom. The summed E-state index contributed by atoms with van der Waals surface area (Å²) in [7, 11) is 0. The van der Waals surface area contributed by atoms with Gasteiger partial charge in [0.2, 0.25) is 0 Å². The van der Waals surface area contributed by atoms with Gasteiger partial charge in [-0.3, -0.25) is 0 Å². The van der Waals surface area contributed by atoms with Crippen LogP contribution in [0.1, 0.15) is 48.3 Å². The molecule has 0 amide bonds. The molecule has 168 valence electrons. The fraction of sp³-hybridized carbons (Fsp3) is 0.417. The van der Waals surface area contributed by atoms with Crippen LogP contribution in [-0.4, -0.2) is 23.2 Å². The highest BCUT2D eigenvalue weighted by molar-refractivity contribution is 5.92. The van der Waals surface area contributed by atoms with Crippen LogP contribution >= 0.6 is 0 Å². The maximum Gasteiger partial charge on any atom is 0.416 e. The van der Waals surface area contributed by atoms with Gasteiger partial charge in [0.25, 0.3) is 0 Å². The van der Waals surface area contributed by atoms with E-state index in [9.17, 15) is 13.2 Å². The Hall–Kier alpha value is -3.03. The van der Waals surface area contributed by atoms with E-state index >= 15 is 0 Å². The molecule has 0 bridgehead atoms. The van der Waals surface area contributed by atoms with Crippen LogP contribution in [0.3, 0.4) is 0 Å². The summed E-state index contributed by atoms with van der Waals surface area (Å²) >= 11 is 0. The van der Waals surface area contributed by atoms with E-state index in [0.717, 1.165) is 24.3 Å². The summed E-state index contributed by atoms with van der Waals surface area (Å²) < 4.78 is 52.2. The zero-order valence-corrected chi connectivity index (χ0v) is 18.1. The van der Waals surface area contributed by atoms with Crippen molar-refractivity contribution in [3.05, 3.63) is 52.8 Å². The molecule has 8 heteroatoms. The number of anilines is 1. The van der Waals surface area contributed by atoms with Crippen LogP contribution in [0.15, 0.2) is 30.3 Å². The van der Waals surface area contributed by atoms with Crippen LogP contribution < -0.4 is 14.8 Å². The third kappa shape index (κ3) is 3.72. The van der Waals surface area contributed by atoms with Crippen LogP contribution in [0.2, 0.25) is 0 Å². The number of hydrogen-bond acceptors (Lipinski definition) is 5. The van der Waals surface area contributed by atoms with Gasteiger partial charge in [-0.25, -0.2) is 9.97 Å². The van der Waals surface area contributed by atoms with E-state index in [2.05, 4.69) is 15.3 Å². The molecule has 2 aromatic carbocycles. The smallest absolute Gasteiger partial charge is 0.416 e. The number of benzene rings is 2. The molecule has 0 unspecified atom stereocenters. The summed E-state index contributed by atoms with van der Waals surface area (Å²) in [5.41, 5.74) is 0.952. The Kier molecular flexibility index (Phi) is 4.72. The molecule has 1 atom stereocenters. The van der Waals surface area contributed by atoms with E-state index in [1.54, 1.807) is 13.0 Å². The Balaban J connectivity index is 1.51. The number of aromatic nitrogens is 2. The molecule has 0 radical (unpaired) electrons. The summed E-state index contributed by atoms with van der Waals surface area (Å²) in [6.45, 7) is 6.35. The van der Waals surface area contributed by atoms with Gasteiger partial charge in [0.05, 0.1) is 30.3 Å². The van der Waals surface area contributed by atoms with Gasteiger partial charge in [0.15, 0.2) is 11.5 Å². The number of nitrogens with zero attached hydrogens (tertiary/aromatic N) is 2. The molecule has 1 saturated carbocycles. The largest absolute Gasteiger partial charge is 0.489 e. The van der Waals surface area contributed by atoms with Crippen molar-refractivity contribution in [3.63, 3.8) is 0 Å². The van der Waals surface area contributed by atoms with Crippen molar-refractivity contribution in [1.82, 2.24) is 9.97 Å². The molecule has 0 saturated heterocycles. The summed E-state index contributed by atoms with van der Waals surface area (Å²) in [4.78, 5) is 9.08. The van der Waals surface area contributed by atoms with Gasteiger partial charge >= 0.3 is 6.18 Å². The Morgan fingerprint density at radius 3 is 2.38 bits per heavy atom. The molecular weight excluding hydrogens is 419 g/mol. The normalized spacial score (nSPS) is 17.8. The van der Waals surface area contributed by atoms with Crippen molar-refractivity contribution < 1.29 is 22.6 Å². The minimum Gasteiger partial charge on any atom is -0.489 e. The summed E-state index contributed by atoms with van der Waals surface area (Å²) in [6, 6.07) is 7.56. The molecule has 32 heavy (non-hydrogen) atoms. The first-order valence-electron chi connectivity index (χ1n) is 10.7. The second-order valence-electron chi connectivity index (χ2n) is 8.90. The first-order chi connectivity index (χ1) is 15.2. The third-order valence-corrected chi connectivity index (χ3v) is 6.40. The minimum atomic E-state index is -4.40. The lowest BCUT2D eigenvalue weighted by Crippen LogP contribution is -2.17. The molecule has 1 N–H and O–H groups in total. The number of fused-ring (bicyclic) bond motifs is 2. The zero-order valence-electron chi connectivity index (χ0n) is 18.1. The number of rotatable bonds is 3. The number of halogens is 3. The van der Waals surface area contributed by atoms with Crippen molar-refractivity contribution >= 4 is 16.7 Å². The Bertz CT molecular complexity index is 1210. The molecule has 2 aliphatic rings. The second-order valence-corrected chi connectivity index (χ2v) is 8.90. The van der Waals surface area contributed by atoms with Gasteiger partial charge in [0.1, 0.15) is 11.6 Å². The van der Waals surface area contributed by atoms with Crippen molar-refractivity contribution in [3.8, 4) is 11.5 Å². The highest BCUT2D eigenvalue weighted by Gasteiger charge is 2.46. The average Bonchev–Trinajstić information content (AvgIpc) is 3.52. The first kappa shape index (κ1) is 20.8. The predicted molar refractivity (Wildman–Crippen MR) is 115 cm³/mol. The monoisotopic (exact) mass is 443 g/mol. The average molecular weight is 443 g/mol. The maximum atomic E-state index is 13.4. The molecule has 5 nitrogen and oxygen atoms in total. The number of alkyl halides is 3. The lowest BCUT2D eigenvalue weighted by molar-refractivity contribution is -0.138. The molecule has 1 aliphatic heterocycles. The molecule has 3 aromatic rings. The van der Waals surface area contributed by atoms with Gasteiger partial charge in [-0.15, -0.1) is 0 Å². The van der Waals surface area contributed by atoms with E-state index in [0.29, 0.717) is 47.4 Å². The lowest BCUT2D eigenvalue weighted by Gasteiger charge is -2.21. The van der Waals surface area contributed by atoms with Gasteiger partial charge in [-0.05, 0) is 56.9 Å². The lowest BCUT2D eigenvalue weighted by atomic mass is 9.97. The summed E-state index contributed by atoms with van der Waals surface area (Å²) in [6.07, 6.45) is -2.20. The quantitative estimate of drug-likeness (QED) is 0.539. The highest BCUT2D eigenvalue weighted by Crippen LogP contribution is 2.49. The molecule has 1 aromatic heterocycles. The van der Waals surface area contributed by atoms with E-state index in [1.165, 1.54) is 13.0 Å². The number of nitrogens with one attached hydrogen (secondary N) is 1. The van der Waals surface area contributed by atoms with Crippen LogP contribution in [0.4, 0.5) is 19.0 Å². The fourth-order valence-corrected chi connectivity index (χ4v) is 4.27. The van der Waals surface area contributed by atoms with Crippen LogP contribution in [-0.2, 0) is 6.18 Å². The van der Waals surface area contributed by atoms with Gasteiger partial charge in [-0.1, -0.05) is 12.1 Å². The number of hydrogen-bond donors (Lipinski definition) is 1. The second kappa shape index (κ2) is 7.25. The van der Waals surface area contributed by atoms with E-state index < -0.39 is 17.8 Å². The molecule has 2 heterocycles. The third-order valence-electron chi connectivity index (χ3n) is 6.40. The van der Waals surface area contributed by atoms with Crippen LogP contribution in [0.25, 0.3) is 10.9 Å². The van der Waals surface area contributed by atoms with Gasteiger partial charge in [-0.2, -0.15) is 13.2 Å². The van der Waals surface area contributed by atoms with E-state index in [-0.39, 0.29) is 11.0 Å². The maximum absolute atomic E-state index is 13.4. The standard InChI is InChI=1S/C24H24F3N3O2/c1-13-16(5-4-6-18(13)24(25,26)27)14(2)28-22-17-9-20-21(10-19(17)29-15(3)30-22)32-12-23(7-8-23)11-31-20/h4-6,9-10,14H,7-8,11-12H2,1-3H3,(H,28,29,30)/t14-/m1/s1. The topological polar surface area (TPSA) is 56.3 Å². The first-order valence-corrected chi connectivity index (χ1v) is 10.7. The fourth-order valence-electron chi connectivity index (χ4n) is 4.27. The minimum absolute atomic E-state index is 0.115. The summed E-state index contributed by atoms with van der Waals surface area (Å²) in [5, 5.41) is 4.03. The zero-order chi connectivity index (χ0) is 22.7. The number of aryl methyl sites for hydroxylation is 1. The van der Waals surface area contributed by atoms with Crippen molar-refractivity contribution in [1.29, 1.82) is 0 Å². The molecule has 1 fully saturated rings. The molecule has 5 rings (SSSR count). The van der Waals surface area contributed by atoms with E-state index in [1.807, 2.05) is 19.1 Å². The van der Waals surface area contributed by atoms with Gasteiger partial charge < -0.3 is 14.8 Å². The van der Waals surface area contributed by atoms with Crippen molar-refractivity contribution in [2.75, 3.05) is 18.5 Å². The Morgan fingerprint density at radius 2 is 1.72 bits per heavy atom. The van der Waals surface area contributed by atoms with Gasteiger partial charge in [0, 0.05) is 16.9 Å². The van der Waals surface area contributed by atoms with Crippen LogP contribution in [0.5, 0.6) is 11.5 Å². The predicted octanol–water partition coefficient (Wildman–Crippen LogP) is 5.99. The Labute approximate surface area is 184 Å². The molecule has 1 aliphatic carbocycles. The molecule has 1 spiro atoms. The molecular formula is C24H24F3N3O2. The van der Waals surface area contributed by atoms with Crippen LogP contribution in [0, 0.1) is 19.3 Å². The SMILES string of the molecule is Cc1nc(N[C@H](C)c2cccc(C(F)(F)F)c2C)c2cc3c(cc2n1)OCC1(CC1)CO3. The van der Waals surface area contributed by atoms with Crippen molar-refractivity contribution in [2.24, 2.45) is 5.41 Å². The van der Waals surface area contributed by atoms with E-state index in [4.69, 9.17) is 9.47 Å². The summed E-state index contributed by atoms with van der Waals surface area (Å²) in [5.74, 6) is 2.40. The number of ether oxygens (including phenoxy) is 2. The highest BCUT2D eigenvalue weighted by atomic mass is 19.4.